The van der Waals surface area contributed by atoms with Gasteiger partial charge in [0, 0.05) is 30.4 Å². The molecule has 31 heavy (non-hydrogen) atoms. The molecule has 3 heterocycles. The van der Waals surface area contributed by atoms with Crippen molar-refractivity contribution in [3.05, 3.63) is 70.3 Å². The molecule has 1 aromatic carbocycles. The number of hydrogen-bond acceptors (Lipinski definition) is 5. The van der Waals surface area contributed by atoms with Crippen LogP contribution in [0.5, 0.6) is 5.75 Å². The highest BCUT2D eigenvalue weighted by Gasteiger charge is 2.19. The van der Waals surface area contributed by atoms with E-state index in [4.69, 9.17) is 4.74 Å². The molecule has 2 aromatic heterocycles. The van der Waals surface area contributed by atoms with Crippen molar-refractivity contribution in [1.29, 1.82) is 0 Å². The number of hydrogen-bond donors (Lipinski definition) is 0. The second kappa shape index (κ2) is 9.43. The first kappa shape index (κ1) is 21.2. The van der Waals surface area contributed by atoms with Gasteiger partial charge in [-0.3, -0.25) is 4.79 Å². The van der Waals surface area contributed by atoms with E-state index in [2.05, 4.69) is 21.9 Å². The molecule has 0 aliphatic carbocycles. The summed E-state index contributed by atoms with van der Waals surface area (Å²) in [5, 5.41) is 4.51. The normalized spacial score (nSPS) is 16.5. The zero-order chi connectivity index (χ0) is 21.8. The van der Waals surface area contributed by atoms with Crippen molar-refractivity contribution in [2.24, 2.45) is 0 Å². The van der Waals surface area contributed by atoms with Crippen molar-refractivity contribution < 1.29 is 4.74 Å². The van der Waals surface area contributed by atoms with Crippen molar-refractivity contribution in [2.45, 2.75) is 46.1 Å². The third-order valence-electron chi connectivity index (χ3n) is 6.01. The smallest absolute Gasteiger partial charge is 0.273 e. The van der Waals surface area contributed by atoms with Crippen molar-refractivity contribution >= 4 is 0 Å². The van der Waals surface area contributed by atoms with Gasteiger partial charge in [0.05, 0.1) is 12.3 Å². The second-order valence-corrected chi connectivity index (χ2v) is 8.29. The lowest BCUT2D eigenvalue weighted by atomic mass is 10.1. The van der Waals surface area contributed by atoms with E-state index in [1.54, 1.807) is 12.3 Å². The van der Waals surface area contributed by atoms with E-state index in [1.807, 2.05) is 50.2 Å². The molecule has 0 radical (unpaired) electrons. The minimum absolute atomic E-state index is 0.195. The van der Waals surface area contributed by atoms with Crippen LogP contribution in [0.25, 0.3) is 16.9 Å². The molecule has 162 valence electrons. The Balaban J connectivity index is 1.42. The standard InChI is InChI=1S/C25H30N4O2/c1-18-7-4-13-26-25(18)29-24(30)17-23(20(3)27-29)21-9-11-22(12-10-21)31-16-6-15-28-14-5-8-19(28)2/h4,7,9-13,17,19H,5-6,8,14-16H2,1-3H3/t19-/m1/s1. The van der Waals surface area contributed by atoms with E-state index in [9.17, 15) is 4.79 Å². The third-order valence-corrected chi connectivity index (χ3v) is 6.01. The van der Waals surface area contributed by atoms with Gasteiger partial charge in [-0.1, -0.05) is 18.2 Å². The highest BCUT2D eigenvalue weighted by molar-refractivity contribution is 5.66. The highest BCUT2D eigenvalue weighted by atomic mass is 16.5. The maximum atomic E-state index is 12.7. The minimum atomic E-state index is -0.195. The molecule has 3 aromatic rings. The fourth-order valence-electron chi connectivity index (χ4n) is 4.20. The summed E-state index contributed by atoms with van der Waals surface area (Å²) in [6.07, 6.45) is 5.32. The molecule has 0 bridgehead atoms. The first-order valence-corrected chi connectivity index (χ1v) is 11.0. The van der Waals surface area contributed by atoms with Gasteiger partial charge in [0.1, 0.15) is 5.75 Å². The number of rotatable bonds is 7. The van der Waals surface area contributed by atoms with Crippen LogP contribution in [0.4, 0.5) is 0 Å². The predicted molar refractivity (Wildman–Crippen MR) is 123 cm³/mol. The third kappa shape index (κ3) is 4.85. The number of benzene rings is 1. The maximum Gasteiger partial charge on any atom is 0.273 e. The van der Waals surface area contributed by atoms with Crippen molar-refractivity contribution in [1.82, 2.24) is 19.7 Å². The van der Waals surface area contributed by atoms with Gasteiger partial charge in [0.2, 0.25) is 0 Å². The topological polar surface area (TPSA) is 60.2 Å². The molecule has 1 fully saturated rings. The monoisotopic (exact) mass is 418 g/mol. The van der Waals surface area contributed by atoms with Crippen LogP contribution in [0, 0.1) is 13.8 Å². The number of aromatic nitrogens is 3. The van der Waals surface area contributed by atoms with Gasteiger partial charge in [0.15, 0.2) is 5.82 Å². The minimum Gasteiger partial charge on any atom is -0.494 e. The molecule has 1 atom stereocenters. The molecule has 0 saturated carbocycles. The van der Waals surface area contributed by atoms with Crippen LogP contribution in [0.3, 0.4) is 0 Å². The Hall–Kier alpha value is -2.99. The molecule has 0 unspecified atom stereocenters. The largest absolute Gasteiger partial charge is 0.494 e. The lowest BCUT2D eigenvalue weighted by Gasteiger charge is -2.20. The summed E-state index contributed by atoms with van der Waals surface area (Å²) >= 11 is 0. The van der Waals surface area contributed by atoms with Gasteiger partial charge in [-0.05, 0) is 75.9 Å². The van der Waals surface area contributed by atoms with Crippen molar-refractivity contribution in [2.75, 3.05) is 19.7 Å². The molecule has 0 N–H and O–H groups in total. The molecule has 4 rings (SSSR count). The average molecular weight is 419 g/mol. The van der Waals surface area contributed by atoms with Crippen LogP contribution in [0.2, 0.25) is 0 Å². The van der Waals surface area contributed by atoms with Crippen LogP contribution < -0.4 is 10.3 Å². The molecule has 1 saturated heterocycles. The Morgan fingerprint density at radius 2 is 1.97 bits per heavy atom. The van der Waals surface area contributed by atoms with Gasteiger partial charge < -0.3 is 9.64 Å². The number of pyridine rings is 1. The SMILES string of the molecule is Cc1cccnc1-n1nc(C)c(-c2ccc(OCCCN3CCC[C@H]3C)cc2)cc1=O. The summed E-state index contributed by atoms with van der Waals surface area (Å²) in [6, 6.07) is 14.0. The predicted octanol–water partition coefficient (Wildman–Crippen LogP) is 4.16. The Bertz CT molecular complexity index is 1090. The van der Waals surface area contributed by atoms with E-state index in [0.717, 1.165) is 41.1 Å². The molecule has 6 heteroatoms. The summed E-state index contributed by atoms with van der Waals surface area (Å²) in [7, 11) is 0. The second-order valence-electron chi connectivity index (χ2n) is 8.29. The average Bonchev–Trinajstić information content (AvgIpc) is 3.18. The number of ether oxygens (including phenoxy) is 1. The van der Waals surface area contributed by atoms with E-state index in [1.165, 1.54) is 24.1 Å². The molecule has 0 amide bonds. The first-order valence-electron chi connectivity index (χ1n) is 11.0. The highest BCUT2D eigenvalue weighted by Crippen LogP contribution is 2.24. The number of aryl methyl sites for hydroxylation is 2. The summed E-state index contributed by atoms with van der Waals surface area (Å²) in [5.41, 5.74) is 3.26. The Morgan fingerprint density at radius 1 is 1.16 bits per heavy atom. The van der Waals surface area contributed by atoms with Crippen LogP contribution in [-0.4, -0.2) is 45.4 Å². The molecule has 1 aliphatic rings. The summed E-state index contributed by atoms with van der Waals surface area (Å²) in [4.78, 5) is 19.6. The Labute approximate surface area is 183 Å². The zero-order valence-corrected chi connectivity index (χ0v) is 18.5. The fourth-order valence-corrected chi connectivity index (χ4v) is 4.20. The molecule has 0 spiro atoms. The van der Waals surface area contributed by atoms with Crippen LogP contribution in [0.1, 0.15) is 37.4 Å². The molecule has 6 nitrogen and oxygen atoms in total. The van der Waals surface area contributed by atoms with Gasteiger partial charge in [-0.15, -0.1) is 0 Å². The fraction of sp³-hybridized carbons (Fsp3) is 0.400. The van der Waals surface area contributed by atoms with Gasteiger partial charge in [0.25, 0.3) is 5.56 Å². The van der Waals surface area contributed by atoms with Crippen molar-refractivity contribution in [3.63, 3.8) is 0 Å². The molecule has 1 aliphatic heterocycles. The van der Waals surface area contributed by atoms with Gasteiger partial charge in [-0.25, -0.2) is 4.98 Å². The summed E-state index contributed by atoms with van der Waals surface area (Å²) in [5.74, 6) is 1.41. The summed E-state index contributed by atoms with van der Waals surface area (Å²) in [6.45, 7) is 9.15. The van der Waals surface area contributed by atoms with Crippen LogP contribution in [0.15, 0.2) is 53.5 Å². The molecular weight excluding hydrogens is 388 g/mol. The summed E-state index contributed by atoms with van der Waals surface area (Å²) < 4.78 is 7.29. The maximum absolute atomic E-state index is 12.7. The van der Waals surface area contributed by atoms with E-state index in [0.29, 0.717) is 18.5 Å². The van der Waals surface area contributed by atoms with Crippen LogP contribution >= 0.6 is 0 Å². The van der Waals surface area contributed by atoms with Gasteiger partial charge >= 0.3 is 0 Å². The van der Waals surface area contributed by atoms with Gasteiger partial charge in [-0.2, -0.15) is 9.78 Å². The quantitative estimate of drug-likeness (QED) is 0.539. The van der Waals surface area contributed by atoms with E-state index < -0.39 is 0 Å². The van der Waals surface area contributed by atoms with Crippen LogP contribution in [-0.2, 0) is 0 Å². The number of likely N-dealkylation sites (tertiary alicyclic amines) is 1. The van der Waals surface area contributed by atoms with Crippen molar-refractivity contribution in [3.8, 4) is 22.7 Å². The molecular formula is C25H30N4O2. The van der Waals surface area contributed by atoms with E-state index in [-0.39, 0.29) is 5.56 Å². The lowest BCUT2D eigenvalue weighted by molar-refractivity contribution is 0.230. The number of nitrogens with zero attached hydrogens (tertiary/aromatic N) is 4. The Morgan fingerprint density at radius 3 is 2.68 bits per heavy atom. The first-order chi connectivity index (χ1) is 15.0. The van der Waals surface area contributed by atoms with E-state index >= 15 is 0 Å². The lowest BCUT2D eigenvalue weighted by Crippen LogP contribution is -2.28. The zero-order valence-electron chi connectivity index (χ0n) is 18.5. The Kier molecular flexibility index (Phi) is 6.47.